The van der Waals surface area contributed by atoms with Gasteiger partial charge >= 0.3 is 5.97 Å². The van der Waals surface area contributed by atoms with Crippen molar-refractivity contribution in [2.75, 3.05) is 0 Å². The van der Waals surface area contributed by atoms with Crippen molar-refractivity contribution in [1.29, 1.82) is 0 Å². The van der Waals surface area contributed by atoms with Gasteiger partial charge in [0.15, 0.2) is 5.82 Å². The molecule has 4 rings (SSSR count). The highest BCUT2D eigenvalue weighted by atomic mass is 32.2. The highest BCUT2D eigenvalue weighted by Crippen LogP contribution is 2.56. The number of aromatic nitrogens is 4. The molecule has 0 radical (unpaired) electrons. The maximum Gasteiger partial charge on any atom is 0.316 e. The number of H-pyrrole nitrogens is 1. The van der Waals surface area contributed by atoms with Crippen LogP contribution in [0, 0.1) is 5.92 Å². The molecule has 0 saturated carbocycles. The number of aromatic amines is 1. The van der Waals surface area contributed by atoms with E-state index < -0.39 is 23.8 Å². The lowest BCUT2D eigenvalue weighted by Gasteiger charge is -2.44. The molecule has 2 aromatic rings. The molecular formula is C18H20N6O4S. The van der Waals surface area contributed by atoms with E-state index >= 15 is 0 Å². The average Bonchev–Trinajstić information content (AvgIpc) is 3.28. The normalized spacial score (nSPS) is 25.8. The molecule has 2 aliphatic heterocycles. The Hall–Kier alpha value is -2.95. The van der Waals surface area contributed by atoms with Crippen molar-refractivity contribution in [2.24, 2.45) is 5.92 Å². The van der Waals surface area contributed by atoms with Crippen LogP contribution in [0.3, 0.4) is 0 Å². The quantitative estimate of drug-likeness (QED) is 0.453. The van der Waals surface area contributed by atoms with E-state index in [0.717, 1.165) is 5.56 Å². The Labute approximate surface area is 170 Å². The first kappa shape index (κ1) is 19.4. The van der Waals surface area contributed by atoms with Crippen LogP contribution in [-0.2, 0) is 20.8 Å². The van der Waals surface area contributed by atoms with Crippen LogP contribution in [0.2, 0.25) is 0 Å². The molecule has 0 spiro atoms. The number of fused-ring (bicyclic) bond motifs is 1. The molecule has 11 heteroatoms. The summed E-state index contributed by atoms with van der Waals surface area (Å²) >= 11 is 1.52. The van der Waals surface area contributed by atoms with E-state index in [4.69, 9.17) is 0 Å². The van der Waals surface area contributed by atoms with E-state index in [1.807, 2.05) is 19.9 Å². The van der Waals surface area contributed by atoms with Crippen LogP contribution in [-0.4, -0.2) is 64.6 Å². The topological polar surface area (TPSA) is 141 Å². The minimum absolute atomic E-state index is 0.0570. The number of aliphatic carboxylic acids is 1. The third kappa shape index (κ3) is 3.35. The number of carbonyl (C=O) groups excluding carboxylic acids is 2. The SMILES string of the molecule is CC1(C)S[C@H]2[C@H](NC(=O)C(Cc3ccccc3)C(=O)O)C(=O)N2C1c1nn[nH]n1. The van der Waals surface area contributed by atoms with E-state index in [1.165, 1.54) is 11.8 Å². The van der Waals surface area contributed by atoms with Crippen molar-refractivity contribution in [3.05, 3.63) is 41.7 Å². The van der Waals surface area contributed by atoms with E-state index in [0.29, 0.717) is 5.82 Å². The van der Waals surface area contributed by atoms with Crippen LogP contribution in [0.15, 0.2) is 30.3 Å². The number of carboxylic acid groups (broad SMARTS) is 1. The highest BCUT2D eigenvalue weighted by molar-refractivity contribution is 8.01. The number of carboxylic acids is 1. The summed E-state index contributed by atoms with van der Waals surface area (Å²) in [7, 11) is 0. The molecule has 4 atom stereocenters. The number of nitrogens with zero attached hydrogens (tertiary/aromatic N) is 4. The van der Waals surface area contributed by atoms with Crippen molar-refractivity contribution < 1.29 is 19.5 Å². The van der Waals surface area contributed by atoms with Crippen LogP contribution >= 0.6 is 11.8 Å². The fourth-order valence-electron chi connectivity index (χ4n) is 3.85. The van der Waals surface area contributed by atoms with Gasteiger partial charge in [-0.05, 0) is 25.8 Å². The molecule has 2 amide bonds. The summed E-state index contributed by atoms with van der Waals surface area (Å²) in [4.78, 5) is 38.8. The molecule has 1 aromatic heterocycles. The van der Waals surface area contributed by atoms with Crippen LogP contribution in [0.1, 0.15) is 31.3 Å². The molecule has 2 saturated heterocycles. The second kappa shape index (κ2) is 7.14. The van der Waals surface area contributed by atoms with Crippen LogP contribution < -0.4 is 5.32 Å². The Kier molecular flexibility index (Phi) is 4.77. The minimum atomic E-state index is -1.27. The van der Waals surface area contributed by atoms with Gasteiger partial charge < -0.3 is 15.3 Å². The first-order valence-corrected chi connectivity index (χ1v) is 9.98. The lowest BCUT2D eigenvalue weighted by atomic mass is 9.94. The predicted molar refractivity (Wildman–Crippen MR) is 102 cm³/mol. The van der Waals surface area contributed by atoms with Gasteiger partial charge in [0.2, 0.25) is 11.8 Å². The van der Waals surface area contributed by atoms with Crippen LogP contribution in [0.25, 0.3) is 0 Å². The van der Waals surface area contributed by atoms with Crippen molar-refractivity contribution >= 4 is 29.5 Å². The van der Waals surface area contributed by atoms with Crippen LogP contribution in [0.4, 0.5) is 0 Å². The van der Waals surface area contributed by atoms with Gasteiger partial charge in [0.25, 0.3) is 0 Å². The smallest absolute Gasteiger partial charge is 0.316 e. The highest BCUT2D eigenvalue weighted by Gasteiger charge is 2.63. The summed E-state index contributed by atoms with van der Waals surface area (Å²) in [5.41, 5.74) is 0.741. The Morgan fingerprint density at radius 2 is 2.07 bits per heavy atom. The summed E-state index contributed by atoms with van der Waals surface area (Å²) in [5, 5.41) is 25.9. The zero-order chi connectivity index (χ0) is 20.8. The Morgan fingerprint density at radius 3 is 2.69 bits per heavy atom. The molecular weight excluding hydrogens is 396 g/mol. The van der Waals surface area contributed by atoms with Crippen molar-refractivity contribution in [3.8, 4) is 0 Å². The predicted octanol–water partition coefficient (Wildman–Crippen LogP) is 0.363. The molecule has 1 aromatic carbocycles. The molecule has 10 nitrogen and oxygen atoms in total. The van der Waals surface area contributed by atoms with E-state index in [2.05, 4.69) is 25.9 Å². The molecule has 2 fully saturated rings. The number of rotatable bonds is 6. The number of nitrogens with one attached hydrogen (secondary N) is 2. The average molecular weight is 416 g/mol. The summed E-state index contributed by atoms with van der Waals surface area (Å²) in [6, 6.07) is 7.77. The number of hydrogen-bond donors (Lipinski definition) is 3. The molecule has 0 bridgehead atoms. The molecule has 2 unspecified atom stereocenters. The van der Waals surface area contributed by atoms with Crippen molar-refractivity contribution in [2.45, 2.75) is 42.5 Å². The summed E-state index contributed by atoms with van der Waals surface area (Å²) in [6.45, 7) is 3.94. The zero-order valence-corrected chi connectivity index (χ0v) is 16.6. The number of carbonyl (C=O) groups is 3. The van der Waals surface area contributed by atoms with Gasteiger partial charge in [-0.25, -0.2) is 0 Å². The fraction of sp³-hybridized carbons (Fsp3) is 0.444. The lowest BCUT2D eigenvalue weighted by Crippen LogP contribution is -2.68. The Balaban J connectivity index is 1.48. The molecule has 3 N–H and O–H groups in total. The third-order valence-corrected chi connectivity index (χ3v) is 6.81. The minimum Gasteiger partial charge on any atom is -0.481 e. The van der Waals surface area contributed by atoms with Crippen molar-refractivity contribution in [3.63, 3.8) is 0 Å². The van der Waals surface area contributed by atoms with Gasteiger partial charge in [-0.3, -0.25) is 14.4 Å². The second-order valence-electron chi connectivity index (χ2n) is 7.60. The number of tetrazole rings is 1. The maximum atomic E-state index is 12.8. The lowest BCUT2D eigenvalue weighted by molar-refractivity contribution is -0.155. The van der Waals surface area contributed by atoms with Gasteiger partial charge in [-0.1, -0.05) is 35.5 Å². The summed E-state index contributed by atoms with van der Waals surface area (Å²) < 4.78 is -0.389. The Morgan fingerprint density at radius 1 is 1.34 bits per heavy atom. The second-order valence-corrected chi connectivity index (χ2v) is 9.37. The van der Waals surface area contributed by atoms with E-state index in [1.54, 1.807) is 29.2 Å². The van der Waals surface area contributed by atoms with Crippen LogP contribution in [0.5, 0.6) is 0 Å². The van der Waals surface area contributed by atoms with Crippen molar-refractivity contribution in [1.82, 2.24) is 30.8 Å². The number of β-lactam (4-membered cyclic amide) rings is 1. The van der Waals surface area contributed by atoms with Gasteiger partial charge in [0.1, 0.15) is 23.4 Å². The number of thioether (sulfide) groups is 1. The first-order chi connectivity index (χ1) is 13.8. The molecule has 152 valence electrons. The summed E-state index contributed by atoms with van der Waals surface area (Å²) in [5.74, 6) is -3.03. The fourth-order valence-corrected chi connectivity index (χ4v) is 5.48. The molecule has 29 heavy (non-hydrogen) atoms. The number of hydrogen-bond acceptors (Lipinski definition) is 7. The Bertz CT molecular complexity index is 935. The number of benzene rings is 1. The number of amides is 2. The monoisotopic (exact) mass is 416 g/mol. The van der Waals surface area contributed by atoms with Gasteiger partial charge in [0, 0.05) is 4.75 Å². The molecule has 3 heterocycles. The largest absolute Gasteiger partial charge is 0.481 e. The van der Waals surface area contributed by atoms with Gasteiger partial charge in [0.05, 0.1) is 0 Å². The van der Waals surface area contributed by atoms with E-state index in [-0.39, 0.29) is 28.5 Å². The third-order valence-electron chi connectivity index (χ3n) is 5.24. The standard InChI is InChI=1S/C18H20N6O4S/c1-18(2)12(13-20-22-23-21-13)24-15(26)11(16(24)29-18)19-14(25)10(17(27)28)8-9-6-4-3-5-7-9/h3-7,10-12,16H,8H2,1-2H3,(H,19,25)(H,27,28)(H,20,21,22,23)/t10?,11-,12?,16+/m1/s1. The molecule has 2 aliphatic rings. The van der Waals surface area contributed by atoms with E-state index in [9.17, 15) is 19.5 Å². The molecule has 0 aliphatic carbocycles. The van der Waals surface area contributed by atoms with Gasteiger partial charge in [-0.15, -0.1) is 22.0 Å². The van der Waals surface area contributed by atoms with Gasteiger partial charge in [-0.2, -0.15) is 5.21 Å². The zero-order valence-electron chi connectivity index (χ0n) is 15.8. The maximum absolute atomic E-state index is 12.8. The first-order valence-electron chi connectivity index (χ1n) is 9.10. The summed E-state index contributed by atoms with van der Waals surface area (Å²) in [6.07, 6.45) is 0.0570.